The highest BCUT2D eigenvalue weighted by atomic mass is 16.4. The lowest BCUT2D eigenvalue weighted by Gasteiger charge is -2.01. The molecular formula is C14H10N2O6. The Morgan fingerprint density at radius 1 is 0.727 bits per heavy atom. The van der Waals surface area contributed by atoms with Gasteiger partial charge in [0, 0.05) is 6.07 Å². The maximum atomic E-state index is 10.9. The first-order valence-corrected chi connectivity index (χ1v) is 5.93. The van der Waals surface area contributed by atoms with Gasteiger partial charge >= 0.3 is 11.9 Å². The summed E-state index contributed by atoms with van der Waals surface area (Å²) in [7, 11) is 0. The van der Waals surface area contributed by atoms with E-state index < -0.39 is 23.4 Å². The van der Waals surface area contributed by atoms with Crippen LogP contribution in [0.2, 0.25) is 0 Å². The van der Waals surface area contributed by atoms with Crippen molar-refractivity contribution >= 4 is 23.3 Å². The van der Waals surface area contributed by atoms with E-state index in [-0.39, 0.29) is 22.5 Å². The minimum absolute atomic E-state index is 0.178. The van der Waals surface area contributed by atoms with Crippen LogP contribution in [0.15, 0.2) is 46.6 Å². The molecule has 0 bridgehead atoms. The van der Waals surface area contributed by atoms with Gasteiger partial charge in [0.2, 0.25) is 0 Å². The van der Waals surface area contributed by atoms with E-state index in [0.717, 1.165) is 12.1 Å². The van der Waals surface area contributed by atoms with Gasteiger partial charge in [-0.1, -0.05) is 0 Å². The van der Waals surface area contributed by atoms with Crippen LogP contribution in [0.1, 0.15) is 20.7 Å². The summed E-state index contributed by atoms with van der Waals surface area (Å²) in [5, 5.41) is 44.1. The molecule has 2 aromatic rings. The summed E-state index contributed by atoms with van der Waals surface area (Å²) in [5.41, 5.74) is -0.221. The zero-order valence-corrected chi connectivity index (χ0v) is 11.0. The monoisotopic (exact) mass is 302 g/mol. The van der Waals surface area contributed by atoms with E-state index in [1.165, 1.54) is 24.3 Å². The maximum absolute atomic E-state index is 10.9. The summed E-state index contributed by atoms with van der Waals surface area (Å²) in [4.78, 5) is 21.6. The Kier molecular flexibility index (Phi) is 4.03. The van der Waals surface area contributed by atoms with Crippen molar-refractivity contribution in [2.24, 2.45) is 10.2 Å². The fraction of sp³-hybridized carbons (Fsp3) is 0. The van der Waals surface area contributed by atoms with Gasteiger partial charge in [-0.2, -0.15) is 10.2 Å². The SMILES string of the molecule is O=C(O)c1ccc(/N=N/c2ccc(O)c(C(=O)O)c2)cc1O. The summed E-state index contributed by atoms with van der Waals surface area (Å²) in [5.74, 6) is -3.43. The lowest BCUT2D eigenvalue weighted by Crippen LogP contribution is -1.95. The number of carboxylic acid groups (broad SMARTS) is 2. The summed E-state index contributed by atoms with van der Waals surface area (Å²) in [6.45, 7) is 0. The van der Waals surface area contributed by atoms with Crippen molar-refractivity contribution in [3.05, 3.63) is 47.5 Å². The molecule has 2 rings (SSSR count). The zero-order valence-electron chi connectivity index (χ0n) is 11.0. The van der Waals surface area contributed by atoms with Gasteiger partial charge in [0.05, 0.1) is 11.4 Å². The van der Waals surface area contributed by atoms with Gasteiger partial charge in [-0.3, -0.25) is 0 Å². The molecule has 4 N–H and O–H groups in total. The molecule has 0 aliphatic rings. The Morgan fingerprint density at radius 3 is 1.82 bits per heavy atom. The van der Waals surface area contributed by atoms with E-state index in [4.69, 9.17) is 10.2 Å². The second-order valence-corrected chi connectivity index (χ2v) is 4.21. The maximum Gasteiger partial charge on any atom is 0.339 e. The predicted octanol–water partition coefficient (Wildman–Crippen LogP) is 2.91. The van der Waals surface area contributed by atoms with E-state index in [1.54, 1.807) is 0 Å². The highest BCUT2D eigenvalue weighted by Crippen LogP contribution is 2.27. The van der Waals surface area contributed by atoms with E-state index >= 15 is 0 Å². The fourth-order valence-electron chi connectivity index (χ4n) is 1.64. The number of aromatic hydroxyl groups is 2. The third kappa shape index (κ3) is 3.18. The van der Waals surface area contributed by atoms with Crippen molar-refractivity contribution in [1.29, 1.82) is 0 Å². The topological polar surface area (TPSA) is 140 Å². The number of carbonyl (C=O) groups is 2. The summed E-state index contributed by atoms with van der Waals surface area (Å²) < 4.78 is 0. The van der Waals surface area contributed by atoms with Gasteiger partial charge in [-0.25, -0.2) is 9.59 Å². The van der Waals surface area contributed by atoms with Crippen LogP contribution in [-0.2, 0) is 0 Å². The van der Waals surface area contributed by atoms with E-state index in [9.17, 15) is 19.8 Å². The predicted molar refractivity (Wildman–Crippen MR) is 74.3 cm³/mol. The number of benzene rings is 2. The number of hydrogen-bond acceptors (Lipinski definition) is 6. The number of carboxylic acids is 2. The van der Waals surface area contributed by atoms with Crippen LogP contribution in [0.3, 0.4) is 0 Å². The molecule has 0 spiro atoms. The fourth-order valence-corrected chi connectivity index (χ4v) is 1.64. The molecule has 0 aliphatic carbocycles. The molecule has 0 fully saturated rings. The Hall–Kier alpha value is -3.42. The number of rotatable bonds is 4. The minimum Gasteiger partial charge on any atom is -0.507 e. The Labute approximate surface area is 123 Å². The first-order chi connectivity index (χ1) is 10.4. The number of nitrogens with zero attached hydrogens (tertiary/aromatic N) is 2. The van der Waals surface area contributed by atoms with Gasteiger partial charge < -0.3 is 20.4 Å². The molecule has 22 heavy (non-hydrogen) atoms. The van der Waals surface area contributed by atoms with Crippen molar-refractivity contribution in [3.8, 4) is 11.5 Å². The molecule has 0 saturated carbocycles. The summed E-state index contributed by atoms with van der Waals surface area (Å²) in [6, 6.07) is 7.29. The van der Waals surface area contributed by atoms with Crippen molar-refractivity contribution in [3.63, 3.8) is 0 Å². The Morgan fingerprint density at radius 2 is 1.27 bits per heavy atom. The van der Waals surface area contributed by atoms with Crippen molar-refractivity contribution < 1.29 is 30.0 Å². The largest absolute Gasteiger partial charge is 0.507 e. The Bertz CT molecular complexity index is 785. The van der Waals surface area contributed by atoms with Crippen LogP contribution in [0.5, 0.6) is 11.5 Å². The number of azo groups is 1. The summed E-state index contributed by atoms with van der Waals surface area (Å²) >= 11 is 0. The first kappa shape index (κ1) is 15.0. The number of aromatic carboxylic acids is 2. The number of phenols is 2. The Balaban J connectivity index is 2.29. The second kappa shape index (κ2) is 5.92. The molecule has 112 valence electrons. The third-order valence-corrected chi connectivity index (χ3v) is 2.70. The molecule has 0 aliphatic heterocycles. The average Bonchev–Trinajstić information content (AvgIpc) is 2.45. The van der Waals surface area contributed by atoms with Crippen molar-refractivity contribution in [2.45, 2.75) is 0 Å². The van der Waals surface area contributed by atoms with E-state index in [0.29, 0.717) is 0 Å². The molecule has 0 heterocycles. The standard InChI is InChI=1S/C14H10N2O6/c17-11-4-2-7(5-10(11)14(21)22)15-16-8-1-3-9(13(19)20)12(18)6-8/h1-6,17-18H,(H,19,20)(H,21,22)/b16-15+. The van der Waals surface area contributed by atoms with Crippen LogP contribution >= 0.6 is 0 Å². The molecule has 0 unspecified atom stereocenters. The second-order valence-electron chi connectivity index (χ2n) is 4.21. The zero-order chi connectivity index (χ0) is 16.3. The normalized spacial score (nSPS) is 10.7. The molecule has 0 radical (unpaired) electrons. The molecule has 8 nitrogen and oxygen atoms in total. The summed E-state index contributed by atoms with van der Waals surface area (Å²) in [6.07, 6.45) is 0. The molecule has 2 aromatic carbocycles. The molecule has 0 aromatic heterocycles. The molecule has 0 atom stereocenters. The van der Waals surface area contributed by atoms with Crippen LogP contribution in [0, 0.1) is 0 Å². The average molecular weight is 302 g/mol. The third-order valence-electron chi connectivity index (χ3n) is 2.70. The highest BCUT2D eigenvalue weighted by Gasteiger charge is 2.11. The van der Waals surface area contributed by atoms with Gasteiger partial charge in [-0.15, -0.1) is 0 Å². The van der Waals surface area contributed by atoms with Gasteiger partial charge in [0.25, 0.3) is 0 Å². The van der Waals surface area contributed by atoms with Crippen LogP contribution in [0.4, 0.5) is 11.4 Å². The van der Waals surface area contributed by atoms with Crippen LogP contribution in [0.25, 0.3) is 0 Å². The quantitative estimate of drug-likeness (QED) is 0.640. The van der Waals surface area contributed by atoms with E-state index in [2.05, 4.69) is 10.2 Å². The lowest BCUT2D eigenvalue weighted by atomic mass is 10.2. The van der Waals surface area contributed by atoms with Crippen LogP contribution in [-0.4, -0.2) is 32.4 Å². The molecule has 8 heteroatoms. The molecule has 0 amide bonds. The van der Waals surface area contributed by atoms with Crippen molar-refractivity contribution in [1.82, 2.24) is 0 Å². The molecular weight excluding hydrogens is 292 g/mol. The minimum atomic E-state index is -1.31. The lowest BCUT2D eigenvalue weighted by molar-refractivity contribution is 0.0682. The highest BCUT2D eigenvalue weighted by molar-refractivity contribution is 5.92. The van der Waals surface area contributed by atoms with E-state index in [1.807, 2.05) is 0 Å². The number of hydrogen-bond donors (Lipinski definition) is 4. The first-order valence-electron chi connectivity index (χ1n) is 5.93. The van der Waals surface area contributed by atoms with Gasteiger partial charge in [0.1, 0.15) is 22.6 Å². The van der Waals surface area contributed by atoms with Gasteiger partial charge in [-0.05, 0) is 30.3 Å². The molecule has 0 saturated heterocycles. The smallest absolute Gasteiger partial charge is 0.339 e. The van der Waals surface area contributed by atoms with Gasteiger partial charge in [0.15, 0.2) is 0 Å². The van der Waals surface area contributed by atoms with Crippen LogP contribution < -0.4 is 0 Å². The van der Waals surface area contributed by atoms with Crippen molar-refractivity contribution in [2.75, 3.05) is 0 Å².